The monoisotopic (exact) mass is 387 g/mol. The minimum absolute atomic E-state index is 0.463. The molecule has 0 bridgehead atoms. The molecule has 3 rings (SSSR count). The van der Waals surface area contributed by atoms with E-state index in [4.69, 9.17) is 4.74 Å². The molecule has 2 aliphatic heterocycles. The summed E-state index contributed by atoms with van der Waals surface area (Å²) in [6.07, 6.45) is 2.31. The van der Waals surface area contributed by atoms with Gasteiger partial charge in [-0.1, -0.05) is 30.3 Å². The van der Waals surface area contributed by atoms with E-state index >= 15 is 0 Å². The molecule has 0 spiro atoms. The molecule has 0 amide bonds. The Hall–Kier alpha value is -1.63. The number of ether oxygens (including phenoxy) is 1. The zero-order chi connectivity index (χ0) is 19.8. The fourth-order valence-electron chi connectivity index (χ4n) is 4.22. The van der Waals surface area contributed by atoms with Gasteiger partial charge in [-0.3, -0.25) is 14.8 Å². The third-order valence-electron chi connectivity index (χ3n) is 5.95. The first-order valence-electron chi connectivity index (χ1n) is 10.7. The molecule has 2 saturated heterocycles. The van der Waals surface area contributed by atoms with Crippen molar-refractivity contribution >= 4 is 5.96 Å². The van der Waals surface area contributed by atoms with E-state index in [1.165, 1.54) is 5.56 Å². The quantitative estimate of drug-likeness (QED) is 0.577. The molecule has 6 heteroatoms. The molecule has 1 aromatic carbocycles. The van der Waals surface area contributed by atoms with Gasteiger partial charge in [-0.15, -0.1) is 0 Å². The molecule has 0 saturated carbocycles. The number of nitrogens with zero attached hydrogens (tertiary/aromatic N) is 3. The summed E-state index contributed by atoms with van der Waals surface area (Å²) in [5.41, 5.74) is 1.40. The van der Waals surface area contributed by atoms with E-state index in [1.807, 2.05) is 7.05 Å². The zero-order valence-electron chi connectivity index (χ0n) is 17.7. The minimum atomic E-state index is 0.463. The summed E-state index contributed by atoms with van der Waals surface area (Å²) < 4.78 is 5.55. The van der Waals surface area contributed by atoms with Gasteiger partial charge in [0.25, 0.3) is 0 Å². The Morgan fingerprint density at radius 3 is 2.64 bits per heavy atom. The van der Waals surface area contributed by atoms with Crippen molar-refractivity contribution in [2.75, 3.05) is 46.4 Å². The van der Waals surface area contributed by atoms with E-state index in [0.29, 0.717) is 18.1 Å². The molecular formula is C22H37N5O. The van der Waals surface area contributed by atoms with Crippen molar-refractivity contribution in [1.29, 1.82) is 0 Å². The van der Waals surface area contributed by atoms with E-state index < -0.39 is 0 Å². The molecule has 28 heavy (non-hydrogen) atoms. The fraction of sp³-hybridized carbons (Fsp3) is 0.682. The Bertz CT molecular complexity index is 600. The number of nitrogens with one attached hydrogen (secondary N) is 2. The summed E-state index contributed by atoms with van der Waals surface area (Å²) in [5.74, 6) is 0.925. The third kappa shape index (κ3) is 6.19. The van der Waals surface area contributed by atoms with Crippen molar-refractivity contribution < 1.29 is 4.74 Å². The lowest BCUT2D eigenvalue weighted by Gasteiger charge is -2.38. The number of benzene rings is 1. The Morgan fingerprint density at radius 2 is 1.96 bits per heavy atom. The molecule has 2 N–H and O–H groups in total. The molecule has 2 heterocycles. The molecular weight excluding hydrogens is 350 g/mol. The van der Waals surface area contributed by atoms with Gasteiger partial charge in [-0.2, -0.15) is 0 Å². The Kier molecular flexibility index (Phi) is 8.13. The number of rotatable bonds is 6. The smallest absolute Gasteiger partial charge is 0.191 e. The molecule has 0 aromatic heterocycles. The average Bonchev–Trinajstić information content (AvgIpc) is 2.73. The maximum Gasteiger partial charge on any atom is 0.191 e. The summed E-state index contributed by atoms with van der Waals surface area (Å²) in [7, 11) is 1.86. The molecule has 2 unspecified atom stereocenters. The van der Waals surface area contributed by atoms with Gasteiger partial charge in [0.1, 0.15) is 0 Å². The number of guanidine groups is 1. The lowest BCUT2D eigenvalue weighted by Crippen LogP contribution is -2.54. The van der Waals surface area contributed by atoms with Crippen LogP contribution in [-0.2, 0) is 11.3 Å². The second kappa shape index (κ2) is 10.8. The molecule has 0 aliphatic carbocycles. The number of aliphatic imine (C=N–C) groups is 1. The molecule has 0 radical (unpaired) electrons. The summed E-state index contributed by atoms with van der Waals surface area (Å²) in [4.78, 5) is 9.51. The fourth-order valence-corrected chi connectivity index (χ4v) is 4.22. The van der Waals surface area contributed by atoms with Crippen LogP contribution in [0.15, 0.2) is 35.3 Å². The van der Waals surface area contributed by atoms with Gasteiger partial charge in [-0.05, 0) is 32.3 Å². The lowest BCUT2D eigenvalue weighted by atomic mass is 10.0. The van der Waals surface area contributed by atoms with E-state index in [9.17, 15) is 0 Å². The minimum Gasteiger partial charge on any atom is -0.379 e. The molecule has 2 aliphatic rings. The Labute approximate surface area is 170 Å². The topological polar surface area (TPSA) is 52.1 Å². The highest BCUT2D eigenvalue weighted by atomic mass is 16.5. The molecule has 6 nitrogen and oxygen atoms in total. The van der Waals surface area contributed by atoms with Crippen molar-refractivity contribution in [2.24, 2.45) is 4.99 Å². The second-order valence-corrected chi connectivity index (χ2v) is 8.14. The van der Waals surface area contributed by atoms with Gasteiger partial charge in [-0.25, -0.2) is 0 Å². The van der Waals surface area contributed by atoms with Crippen LogP contribution >= 0.6 is 0 Å². The van der Waals surface area contributed by atoms with Crippen LogP contribution in [0, 0.1) is 0 Å². The van der Waals surface area contributed by atoms with E-state index in [-0.39, 0.29) is 0 Å². The van der Waals surface area contributed by atoms with Crippen LogP contribution in [0.2, 0.25) is 0 Å². The maximum absolute atomic E-state index is 5.55. The van der Waals surface area contributed by atoms with Crippen molar-refractivity contribution in [2.45, 2.75) is 51.4 Å². The summed E-state index contributed by atoms with van der Waals surface area (Å²) in [6, 6.07) is 12.2. The molecule has 1 aromatic rings. The van der Waals surface area contributed by atoms with Crippen LogP contribution in [-0.4, -0.2) is 80.3 Å². The van der Waals surface area contributed by atoms with Gasteiger partial charge in [0.2, 0.25) is 0 Å². The highest BCUT2D eigenvalue weighted by molar-refractivity contribution is 5.80. The summed E-state index contributed by atoms with van der Waals surface area (Å²) in [5, 5.41) is 7.16. The first-order valence-corrected chi connectivity index (χ1v) is 10.7. The summed E-state index contributed by atoms with van der Waals surface area (Å²) in [6.45, 7) is 11.4. The number of hydrogen-bond donors (Lipinski definition) is 2. The van der Waals surface area contributed by atoms with Gasteiger partial charge in [0, 0.05) is 57.9 Å². The van der Waals surface area contributed by atoms with Gasteiger partial charge in [0.15, 0.2) is 5.96 Å². The number of piperidine rings is 1. The van der Waals surface area contributed by atoms with E-state index in [1.54, 1.807) is 0 Å². The SMILES string of the molecule is CN=C(NCC(C)N1CCOCC1C)NC1CCN(Cc2ccccc2)CC1. The number of morpholine rings is 1. The first-order chi connectivity index (χ1) is 13.7. The molecule has 156 valence electrons. The predicted molar refractivity (Wildman–Crippen MR) is 116 cm³/mol. The van der Waals surface area contributed by atoms with Crippen molar-refractivity contribution in [1.82, 2.24) is 20.4 Å². The predicted octanol–water partition coefficient (Wildman–Crippen LogP) is 1.93. The molecule has 2 atom stereocenters. The largest absolute Gasteiger partial charge is 0.379 e. The van der Waals surface area contributed by atoms with Crippen LogP contribution in [0.5, 0.6) is 0 Å². The zero-order valence-corrected chi connectivity index (χ0v) is 17.7. The van der Waals surface area contributed by atoms with Crippen molar-refractivity contribution in [3.05, 3.63) is 35.9 Å². The third-order valence-corrected chi connectivity index (χ3v) is 5.95. The lowest BCUT2D eigenvalue weighted by molar-refractivity contribution is -0.0174. The standard InChI is InChI=1S/C22H37N5O/c1-18(27-13-14-28-17-19(27)2)15-24-22(23-3)25-21-9-11-26(12-10-21)16-20-7-5-4-6-8-20/h4-8,18-19,21H,9-17H2,1-3H3,(H2,23,24,25). The first kappa shape index (κ1) is 21.1. The average molecular weight is 388 g/mol. The van der Waals surface area contributed by atoms with Crippen LogP contribution in [0.25, 0.3) is 0 Å². The van der Waals surface area contributed by atoms with Crippen LogP contribution < -0.4 is 10.6 Å². The van der Waals surface area contributed by atoms with Crippen LogP contribution in [0.1, 0.15) is 32.3 Å². The normalized spacial score (nSPS) is 24.1. The highest BCUT2D eigenvalue weighted by Gasteiger charge is 2.24. The van der Waals surface area contributed by atoms with E-state index in [2.05, 4.69) is 69.6 Å². The Balaban J connectivity index is 1.38. The van der Waals surface area contributed by atoms with Gasteiger partial charge in [0.05, 0.1) is 13.2 Å². The maximum atomic E-state index is 5.55. The number of likely N-dealkylation sites (tertiary alicyclic amines) is 1. The van der Waals surface area contributed by atoms with Crippen molar-refractivity contribution in [3.8, 4) is 0 Å². The van der Waals surface area contributed by atoms with Crippen LogP contribution in [0.3, 0.4) is 0 Å². The second-order valence-electron chi connectivity index (χ2n) is 8.14. The number of hydrogen-bond acceptors (Lipinski definition) is 4. The summed E-state index contributed by atoms with van der Waals surface area (Å²) >= 11 is 0. The van der Waals surface area contributed by atoms with Crippen LogP contribution in [0.4, 0.5) is 0 Å². The highest BCUT2D eigenvalue weighted by Crippen LogP contribution is 2.14. The van der Waals surface area contributed by atoms with Gasteiger partial charge < -0.3 is 15.4 Å². The Morgan fingerprint density at radius 1 is 1.21 bits per heavy atom. The van der Waals surface area contributed by atoms with E-state index in [0.717, 1.165) is 64.7 Å². The van der Waals surface area contributed by atoms with Gasteiger partial charge >= 0.3 is 0 Å². The molecule has 2 fully saturated rings. The van der Waals surface area contributed by atoms with Crippen molar-refractivity contribution in [3.63, 3.8) is 0 Å².